The molecule has 0 bridgehead atoms. The topological polar surface area (TPSA) is 56.7 Å². The summed E-state index contributed by atoms with van der Waals surface area (Å²) in [5.74, 6) is 0.917. The van der Waals surface area contributed by atoms with Crippen LogP contribution in [0, 0.1) is 0 Å². The summed E-state index contributed by atoms with van der Waals surface area (Å²) in [5.41, 5.74) is 1.83. The van der Waals surface area contributed by atoms with E-state index in [1.54, 1.807) is 0 Å². The van der Waals surface area contributed by atoms with E-state index in [-0.39, 0.29) is 29.9 Å². The number of benzene rings is 1. The van der Waals surface area contributed by atoms with Gasteiger partial charge >= 0.3 is 0 Å². The van der Waals surface area contributed by atoms with Crippen molar-refractivity contribution in [3.05, 3.63) is 35.4 Å². The SMILES string of the molecule is CCCNC(=NCc1ccc(C(=O)N(CC)CC)cc1)NCC.I. The minimum Gasteiger partial charge on any atom is -0.357 e. The van der Waals surface area contributed by atoms with Gasteiger partial charge in [0, 0.05) is 31.7 Å². The molecule has 1 aromatic carbocycles. The Hall–Kier alpha value is -1.31. The molecule has 0 saturated heterocycles. The van der Waals surface area contributed by atoms with Gasteiger partial charge in [0.2, 0.25) is 0 Å². The molecule has 0 atom stereocenters. The van der Waals surface area contributed by atoms with Gasteiger partial charge in [0.15, 0.2) is 5.96 Å². The van der Waals surface area contributed by atoms with Gasteiger partial charge in [0.05, 0.1) is 6.54 Å². The lowest BCUT2D eigenvalue weighted by Gasteiger charge is -2.18. The predicted molar refractivity (Wildman–Crippen MR) is 112 cm³/mol. The number of aliphatic imine (C=N–C) groups is 1. The molecule has 1 rings (SSSR count). The van der Waals surface area contributed by atoms with Gasteiger partial charge in [-0.2, -0.15) is 0 Å². The van der Waals surface area contributed by atoms with Crippen LogP contribution in [0.2, 0.25) is 0 Å². The summed E-state index contributed by atoms with van der Waals surface area (Å²) in [6.45, 7) is 12.0. The zero-order valence-electron chi connectivity index (χ0n) is 15.3. The number of hydrogen-bond acceptors (Lipinski definition) is 2. The lowest BCUT2D eigenvalue weighted by molar-refractivity contribution is 0.0773. The van der Waals surface area contributed by atoms with E-state index in [0.29, 0.717) is 6.54 Å². The lowest BCUT2D eigenvalue weighted by Crippen LogP contribution is -2.37. The summed E-state index contributed by atoms with van der Waals surface area (Å²) >= 11 is 0. The third kappa shape index (κ3) is 7.51. The monoisotopic (exact) mass is 446 g/mol. The van der Waals surface area contributed by atoms with Gasteiger partial charge in [-0.1, -0.05) is 19.1 Å². The Labute approximate surface area is 163 Å². The van der Waals surface area contributed by atoms with Gasteiger partial charge in [-0.3, -0.25) is 4.79 Å². The zero-order valence-corrected chi connectivity index (χ0v) is 17.6. The number of amides is 1. The van der Waals surface area contributed by atoms with E-state index in [0.717, 1.165) is 49.7 Å². The molecular weight excluding hydrogens is 415 g/mol. The molecule has 6 heteroatoms. The second-order valence-corrected chi connectivity index (χ2v) is 5.30. The van der Waals surface area contributed by atoms with E-state index in [1.165, 1.54) is 0 Å². The van der Waals surface area contributed by atoms with Crippen molar-refractivity contribution in [3.63, 3.8) is 0 Å². The zero-order chi connectivity index (χ0) is 17.1. The van der Waals surface area contributed by atoms with Gasteiger partial charge < -0.3 is 15.5 Å². The normalized spacial score (nSPS) is 10.8. The molecule has 0 radical (unpaired) electrons. The number of hydrogen-bond donors (Lipinski definition) is 2. The molecule has 1 amide bonds. The maximum atomic E-state index is 12.3. The summed E-state index contributed by atoms with van der Waals surface area (Å²) in [6, 6.07) is 7.73. The number of guanidine groups is 1. The lowest BCUT2D eigenvalue weighted by atomic mass is 10.1. The molecule has 24 heavy (non-hydrogen) atoms. The summed E-state index contributed by atoms with van der Waals surface area (Å²) < 4.78 is 0. The molecule has 0 saturated carbocycles. The quantitative estimate of drug-likeness (QED) is 0.366. The van der Waals surface area contributed by atoms with E-state index < -0.39 is 0 Å². The first-order valence-corrected chi connectivity index (χ1v) is 8.56. The predicted octanol–water partition coefficient (Wildman–Crippen LogP) is 3.25. The first kappa shape index (κ1) is 22.7. The first-order chi connectivity index (χ1) is 11.2. The van der Waals surface area contributed by atoms with Gasteiger partial charge in [0.25, 0.3) is 5.91 Å². The summed E-state index contributed by atoms with van der Waals surface area (Å²) in [5, 5.41) is 6.50. The minimum absolute atomic E-state index is 0. The fourth-order valence-electron chi connectivity index (χ4n) is 2.20. The van der Waals surface area contributed by atoms with Gasteiger partial charge in [-0.25, -0.2) is 4.99 Å². The molecule has 136 valence electrons. The largest absolute Gasteiger partial charge is 0.357 e. The van der Waals surface area contributed by atoms with Crippen molar-refractivity contribution in [1.29, 1.82) is 0 Å². The third-order valence-electron chi connectivity index (χ3n) is 3.56. The van der Waals surface area contributed by atoms with Crippen LogP contribution in [0.15, 0.2) is 29.3 Å². The highest BCUT2D eigenvalue weighted by atomic mass is 127. The number of halogens is 1. The molecular formula is C18H31IN4O. The van der Waals surface area contributed by atoms with Crippen LogP contribution in [0.4, 0.5) is 0 Å². The smallest absolute Gasteiger partial charge is 0.253 e. The van der Waals surface area contributed by atoms with Crippen LogP contribution in [0.3, 0.4) is 0 Å². The Morgan fingerprint density at radius 3 is 2.17 bits per heavy atom. The van der Waals surface area contributed by atoms with E-state index in [2.05, 4.69) is 29.5 Å². The Morgan fingerprint density at radius 1 is 1.04 bits per heavy atom. The standard InChI is InChI=1S/C18H30N4O.HI/c1-5-13-20-18(19-6-2)21-14-15-9-11-16(12-10-15)17(23)22(7-3)8-4;/h9-12H,5-8,13-14H2,1-4H3,(H2,19,20,21);1H. The molecule has 0 heterocycles. The third-order valence-corrected chi connectivity index (χ3v) is 3.56. The molecule has 5 nitrogen and oxygen atoms in total. The van der Waals surface area contributed by atoms with Crippen molar-refractivity contribution in [2.24, 2.45) is 4.99 Å². The molecule has 0 aliphatic rings. The van der Waals surface area contributed by atoms with Crippen molar-refractivity contribution >= 4 is 35.8 Å². The Kier molecular flexibility index (Phi) is 12.3. The summed E-state index contributed by atoms with van der Waals surface area (Å²) in [4.78, 5) is 18.7. The molecule has 2 N–H and O–H groups in total. The molecule has 0 aliphatic carbocycles. The fourth-order valence-corrected chi connectivity index (χ4v) is 2.20. The number of carbonyl (C=O) groups is 1. The number of nitrogens with zero attached hydrogens (tertiary/aromatic N) is 2. The van der Waals surface area contributed by atoms with Crippen molar-refractivity contribution in [2.75, 3.05) is 26.2 Å². The average Bonchev–Trinajstić information content (AvgIpc) is 2.58. The van der Waals surface area contributed by atoms with E-state index >= 15 is 0 Å². The van der Waals surface area contributed by atoms with Crippen molar-refractivity contribution < 1.29 is 4.79 Å². The van der Waals surface area contributed by atoms with Crippen LogP contribution in [0.25, 0.3) is 0 Å². The molecule has 1 aromatic rings. The van der Waals surface area contributed by atoms with Crippen LogP contribution < -0.4 is 10.6 Å². The fraction of sp³-hybridized carbons (Fsp3) is 0.556. The maximum absolute atomic E-state index is 12.3. The van der Waals surface area contributed by atoms with Crippen LogP contribution in [0.5, 0.6) is 0 Å². The molecule has 0 spiro atoms. The number of carbonyl (C=O) groups excluding carboxylic acids is 1. The molecule has 0 aromatic heterocycles. The van der Waals surface area contributed by atoms with Crippen LogP contribution in [-0.4, -0.2) is 42.9 Å². The number of nitrogens with one attached hydrogen (secondary N) is 2. The highest BCUT2D eigenvalue weighted by molar-refractivity contribution is 14.0. The van der Waals surface area contributed by atoms with Crippen LogP contribution in [0.1, 0.15) is 50.0 Å². The van der Waals surface area contributed by atoms with E-state index in [4.69, 9.17) is 0 Å². The van der Waals surface area contributed by atoms with Crippen LogP contribution >= 0.6 is 24.0 Å². The molecule has 0 unspecified atom stereocenters. The Balaban J connectivity index is 0.00000529. The van der Waals surface area contributed by atoms with Crippen molar-refractivity contribution in [1.82, 2.24) is 15.5 Å². The minimum atomic E-state index is 0. The van der Waals surface area contributed by atoms with E-state index in [9.17, 15) is 4.79 Å². The highest BCUT2D eigenvalue weighted by Crippen LogP contribution is 2.09. The van der Waals surface area contributed by atoms with Gasteiger partial charge in [-0.15, -0.1) is 24.0 Å². The van der Waals surface area contributed by atoms with E-state index in [1.807, 2.05) is 43.0 Å². The molecule has 0 fully saturated rings. The second-order valence-electron chi connectivity index (χ2n) is 5.30. The summed E-state index contributed by atoms with van der Waals surface area (Å²) in [7, 11) is 0. The van der Waals surface area contributed by atoms with Crippen LogP contribution in [-0.2, 0) is 6.54 Å². The maximum Gasteiger partial charge on any atom is 0.253 e. The first-order valence-electron chi connectivity index (χ1n) is 8.56. The second kappa shape index (κ2) is 13.0. The number of rotatable bonds is 8. The molecule has 0 aliphatic heterocycles. The Morgan fingerprint density at radius 2 is 1.67 bits per heavy atom. The van der Waals surface area contributed by atoms with Crippen molar-refractivity contribution in [2.45, 2.75) is 40.7 Å². The highest BCUT2D eigenvalue weighted by Gasteiger charge is 2.11. The van der Waals surface area contributed by atoms with Gasteiger partial charge in [-0.05, 0) is 44.9 Å². The van der Waals surface area contributed by atoms with Crippen molar-refractivity contribution in [3.8, 4) is 0 Å². The Bertz CT molecular complexity index is 498. The average molecular weight is 446 g/mol. The van der Waals surface area contributed by atoms with Gasteiger partial charge in [0.1, 0.15) is 0 Å². The summed E-state index contributed by atoms with van der Waals surface area (Å²) in [6.07, 6.45) is 1.06.